The van der Waals surface area contributed by atoms with Crippen LogP contribution >= 0.6 is 0 Å². The van der Waals surface area contributed by atoms with Gasteiger partial charge in [0.2, 0.25) is 0 Å². The average molecular weight is 290 g/mol. The summed E-state index contributed by atoms with van der Waals surface area (Å²) in [6, 6.07) is 11.3. The monoisotopic (exact) mass is 290 g/mol. The van der Waals surface area contributed by atoms with Gasteiger partial charge in [-0.2, -0.15) is 0 Å². The van der Waals surface area contributed by atoms with Crippen molar-refractivity contribution in [2.24, 2.45) is 5.73 Å². The zero-order chi connectivity index (χ0) is 15.4. The molecule has 2 aromatic rings. The van der Waals surface area contributed by atoms with Gasteiger partial charge in [0.25, 0.3) is 0 Å². The first-order valence-electron chi connectivity index (χ1n) is 6.95. The molecule has 0 aromatic heterocycles. The average Bonchev–Trinajstić information content (AvgIpc) is 2.48. The van der Waals surface area contributed by atoms with Gasteiger partial charge >= 0.3 is 0 Å². The van der Waals surface area contributed by atoms with Gasteiger partial charge in [0.05, 0.1) is 0 Å². The molecule has 0 saturated carbocycles. The van der Waals surface area contributed by atoms with E-state index in [0.717, 1.165) is 11.1 Å². The van der Waals surface area contributed by atoms with E-state index in [0.29, 0.717) is 12.1 Å². The normalized spacial score (nSPS) is 12.7. The lowest BCUT2D eigenvalue weighted by Gasteiger charge is -2.26. The van der Waals surface area contributed by atoms with Gasteiger partial charge < -0.3 is 5.73 Å². The van der Waals surface area contributed by atoms with Crippen molar-refractivity contribution in [2.45, 2.75) is 26.1 Å². The molecular weight excluding hydrogens is 270 g/mol. The summed E-state index contributed by atoms with van der Waals surface area (Å²) in [4.78, 5) is 2.02. The number of benzene rings is 2. The summed E-state index contributed by atoms with van der Waals surface area (Å²) >= 11 is 0. The highest BCUT2D eigenvalue weighted by Gasteiger charge is 2.16. The number of nitrogens with zero attached hydrogens (tertiary/aromatic N) is 1. The fourth-order valence-corrected chi connectivity index (χ4v) is 2.40. The van der Waals surface area contributed by atoms with E-state index in [9.17, 15) is 8.78 Å². The van der Waals surface area contributed by atoms with E-state index in [1.165, 1.54) is 18.2 Å². The minimum absolute atomic E-state index is 0.0816. The zero-order valence-electron chi connectivity index (χ0n) is 12.3. The zero-order valence-corrected chi connectivity index (χ0v) is 12.3. The van der Waals surface area contributed by atoms with Crippen LogP contribution in [0.15, 0.2) is 42.5 Å². The molecule has 0 fully saturated rings. The molecule has 0 aliphatic rings. The Labute approximate surface area is 124 Å². The molecule has 2 rings (SSSR count). The SMILES string of the molecule is CC(c1ccccc1F)N(C)Cc1ccc(F)cc1CN. The van der Waals surface area contributed by atoms with E-state index in [2.05, 4.69) is 0 Å². The Hall–Kier alpha value is -1.78. The first kappa shape index (κ1) is 15.6. The molecule has 0 saturated heterocycles. The Morgan fingerprint density at radius 2 is 1.81 bits per heavy atom. The Morgan fingerprint density at radius 1 is 1.10 bits per heavy atom. The van der Waals surface area contributed by atoms with Crippen molar-refractivity contribution in [3.63, 3.8) is 0 Å². The number of hydrogen-bond donors (Lipinski definition) is 1. The van der Waals surface area contributed by atoms with Gasteiger partial charge in [-0.15, -0.1) is 0 Å². The van der Waals surface area contributed by atoms with E-state index in [1.54, 1.807) is 18.2 Å². The summed E-state index contributed by atoms with van der Waals surface area (Å²) in [7, 11) is 1.92. The Kier molecular flexibility index (Phi) is 5.04. The molecule has 2 nitrogen and oxygen atoms in total. The molecule has 2 aromatic carbocycles. The maximum absolute atomic E-state index is 13.8. The van der Waals surface area contributed by atoms with E-state index in [-0.39, 0.29) is 24.2 Å². The summed E-state index contributed by atoms with van der Waals surface area (Å²) in [6.45, 7) is 2.82. The Bertz CT molecular complexity index is 613. The predicted molar refractivity (Wildman–Crippen MR) is 80.6 cm³/mol. The summed E-state index contributed by atoms with van der Waals surface area (Å²) in [6.07, 6.45) is 0. The van der Waals surface area contributed by atoms with Crippen LogP contribution in [0.3, 0.4) is 0 Å². The molecular formula is C17H20F2N2. The van der Waals surface area contributed by atoms with Crippen molar-refractivity contribution in [1.82, 2.24) is 4.90 Å². The Morgan fingerprint density at radius 3 is 2.48 bits per heavy atom. The molecule has 1 atom stereocenters. The van der Waals surface area contributed by atoms with Crippen LogP contribution in [-0.4, -0.2) is 11.9 Å². The number of rotatable bonds is 5. The fourth-order valence-electron chi connectivity index (χ4n) is 2.40. The second kappa shape index (κ2) is 6.78. The van der Waals surface area contributed by atoms with Crippen LogP contribution in [0.25, 0.3) is 0 Å². The molecule has 1 unspecified atom stereocenters. The summed E-state index contributed by atoms with van der Waals surface area (Å²) < 4.78 is 27.1. The smallest absolute Gasteiger partial charge is 0.127 e. The van der Waals surface area contributed by atoms with Gasteiger partial charge in [-0.25, -0.2) is 8.78 Å². The molecule has 0 bridgehead atoms. The van der Waals surface area contributed by atoms with E-state index in [1.807, 2.05) is 24.9 Å². The third kappa shape index (κ3) is 3.65. The lowest BCUT2D eigenvalue weighted by molar-refractivity contribution is 0.247. The van der Waals surface area contributed by atoms with Gasteiger partial charge in [0.15, 0.2) is 0 Å². The van der Waals surface area contributed by atoms with Gasteiger partial charge in [-0.1, -0.05) is 24.3 Å². The van der Waals surface area contributed by atoms with Crippen molar-refractivity contribution in [2.75, 3.05) is 7.05 Å². The van der Waals surface area contributed by atoms with E-state index >= 15 is 0 Å². The van der Waals surface area contributed by atoms with E-state index in [4.69, 9.17) is 5.73 Å². The number of hydrogen-bond acceptors (Lipinski definition) is 2. The summed E-state index contributed by atoms with van der Waals surface area (Å²) in [5.74, 6) is -0.501. The van der Waals surface area contributed by atoms with Crippen LogP contribution in [0.2, 0.25) is 0 Å². The van der Waals surface area contributed by atoms with Gasteiger partial charge in [-0.05, 0) is 43.3 Å². The maximum Gasteiger partial charge on any atom is 0.127 e. The lowest BCUT2D eigenvalue weighted by Crippen LogP contribution is -2.23. The van der Waals surface area contributed by atoms with Gasteiger partial charge in [0.1, 0.15) is 11.6 Å². The van der Waals surface area contributed by atoms with Crippen LogP contribution < -0.4 is 5.73 Å². The molecule has 0 heterocycles. The number of halogens is 2. The molecule has 0 spiro atoms. The van der Waals surface area contributed by atoms with Crippen molar-refractivity contribution in [3.05, 3.63) is 70.8 Å². The predicted octanol–water partition coefficient (Wildman–Crippen LogP) is 3.62. The first-order valence-corrected chi connectivity index (χ1v) is 6.95. The molecule has 21 heavy (non-hydrogen) atoms. The molecule has 112 valence electrons. The molecule has 0 aliphatic heterocycles. The fraction of sp³-hybridized carbons (Fsp3) is 0.294. The van der Waals surface area contributed by atoms with Crippen LogP contribution in [0, 0.1) is 11.6 Å². The third-order valence-electron chi connectivity index (χ3n) is 3.82. The molecule has 0 amide bonds. The van der Waals surface area contributed by atoms with Crippen LogP contribution in [0.5, 0.6) is 0 Å². The summed E-state index contributed by atoms with van der Waals surface area (Å²) in [5.41, 5.74) is 8.05. The topological polar surface area (TPSA) is 29.3 Å². The highest BCUT2D eigenvalue weighted by molar-refractivity contribution is 5.28. The number of nitrogens with two attached hydrogens (primary N) is 1. The summed E-state index contributed by atoms with van der Waals surface area (Å²) in [5, 5.41) is 0. The van der Waals surface area contributed by atoms with Gasteiger partial charge in [0, 0.05) is 24.7 Å². The second-order valence-corrected chi connectivity index (χ2v) is 5.23. The highest BCUT2D eigenvalue weighted by atomic mass is 19.1. The second-order valence-electron chi connectivity index (χ2n) is 5.23. The molecule has 4 heteroatoms. The molecule has 0 aliphatic carbocycles. The minimum atomic E-state index is -0.288. The van der Waals surface area contributed by atoms with Crippen molar-refractivity contribution in [3.8, 4) is 0 Å². The van der Waals surface area contributed by atoms with Crippen molar-refractivity contribution in [1.29, 1.82) is 0 Å². The third-order valence-corrected chi connectivity index (χ3v) is 3.82. The van der Waals surface area contributed by atoms with Crippen molar-refractivity contribution < 1.29 is 8.78 Å². The largest absolute Gasteiger partial charge is 0.326 e. The quantitative estimate of drug-likeness (QED) is 0.911. The van der Waals surface area contributed by atoms with E-state index < -0.39 is 0 Å². The van der Waals surface area contributed by atoms with Crippen molar-refractivity contribution >= 4 is 0 Å². The van der Waals surface area contributed by atoms with Crippen LogP contribution in [-0.2, 0) is 13.1 Å². The lowest BCUT2D eigenvalue weighted by atomic mass is 10.0. The van der Waals surface area contributed by atoms with Crippen LogP contribution in [0.4, 0.5) is 8.78 Å². The minimum Gasteiger partial charge on any atom is -0.326 e. The van der Waals surface area contributed by atoms with Crippen LogP contribution in [0.1, 0.15) is 29.7 Å². The molecule has 2 N–H and O–H groups in total. The highest BCUT2D eigenvalue weighted by Crippen LogP contribution is 2.24. The Balaban J connectivity index is 2.18. The maximum atomic E-state index is 13.8. The standard InChI is InChI=1S/C17H20F2N2/c1-12(16-5-3-4-6-17(16)19)21(2)11-13-7-8-15(18)9-14(13)10-20/h3-9,12H,10-11,20H2,1-2H3. The molecule has 0 radical (unpaired) electrons. The first-order chi connectivity index (χ1) is 10.0. The van der Waals surface area contributed by atoms with Gasteiger partial charge in [-0.3, -0.25) is 4.90 Å².